The first-order valence-corrected chi connectivity index (χ1v) is 6.21. The summed E-state index contributed by atoms with van der Waals surface area (Å²) in [5.74, 6) is -1.14. The Morgan fingerprint density at radius 2 is 2.15 bits per heavy atom. The molecule has 1 aromatic carbocycles. The Kier molecular flexibility index (Phi) is 2.98. The number of hydrogen-bond donors (Lipinski definition) is 2. The molecule has 1 aliphatic heterocycles. The molecular weight excluding hydrogens is 260 g/mol. The van der Waals surface area contributed by atoms with Crippen LogP contribution in [0.25, 0.3) is 11.0 Å². The van der Waals surface area contributed by atoms with Crippen molar-refractivity contribution in [1.82, 2.24) is 10.6 Å². The lowest BCUT2D eigenvalue weighted by atomic mass is 10.1. The minimum atomic E-state index is -0.770. The number of carbonyl (C=O) groups is 3. The summed E-state index contributed by atoms with van der Waals surface area (Å²) in [4.78, 5) is 34.3. The SMILES string of the molecule is O=C1CC(NC(=O)Cc2coc3ccccc23)C(=O)N1. The third kappa shape index (κ3) is 2.27. The lowest BCUT2D eigenvalue weighted by Crippen LogP contribution is -2.40. The highest BCUT2D eigenvalue weighted by molar-refractivity contribution is 6.07. The molecule has 1 unspecified atom stereocenters. The summed E-state index contributed by atoms with van der Waals surface area (Å²) in [5, 5.41) is 5.57. The number of imide groups is 1. The van der Waals surface area contributed by atoms with E-state index in [4.69, 9.17) is 4.42 Å². The molecule has 2 N–H and O–H groups in total. The van der Waals surface area contributed by atoms with Gasteiger partial charge in [0.2, 0.25) is 17.7 Å². The molecule has 0 bridgehead atoms. The number of amides is 3. The highest BCUT2D eigenvalue weighted by atomic mass is 16.3. The first-order chi connectivity index (χ1) is 9.63. The number of para-hydroxylation sites is 1. The zero-order valence-electron chi connectivity index (χ0n) is 10.5. The van der Waals surface area contributed by atoms with Crippen LogP contribution in [0.15, 0.2) is 34.9 Å². The molecule has 0 aliphatic carbocycles. The predicted molar refractivity (Wildman–Crippen MR) is 69.6 cm³/mol. The van der Waals surface area contributed by atoms with Gasteiger partial charge >= 0.3 is 0 Å². The molecule has 0 radical (unpaired) electrons. The fourth-order valence-electron chi connectivity index (χ4n) is 2.26. The van der Waals surface area contributed by atoms with Crippen LogP contribution in [0.1, 0.15) is 12.0 Å². The molecule has 1 saturated heterocycles. The second-order valence-corrected chi connectivity index (χ2v) is 4.67. The van der Waals surface area contributed by atoms with Crippen LogP contribution < -0.4 is 10.6 Å². The Bertz CT molecular complexity index is 704. The average Bonchev–Trinajstić information content (AvgIpc) is 2.94. The van der Waals surface area contributed by atoms with Gasteiger partial charge in [-0.2, -0.15) is 0 Å². The van der Waals surface area contributed by atoms with Crippen LogP contribution >= 0.6 is 0 Å². The fraction of sp³-hybridized carbons (Fsp3) is 0.214. The highest BCUT2D eigenvalue weighted by Crippen LogP contribution is 2.21. The van der Waals surface area contributed by atoms with Crippen LogP contribution in [0.4, 0.5) is 0 Å². The quantitative estimate of drug-likeness (QED) is 0.797. The summed E-state index contributed by atoms with van der Waals surface area (Å²) in [6.07, 6.45) is 1.63. The second kappa shape index (κ2) is 4.80. The number of nitrogens with one attached hydrogen (secondary N) is 2. The van der Waals surface area contributed by atoms with Crippen LogP contribution in [0.5, 0.6) is 0 Å². The van der Waals surface area contributed by atoms with Gasteiger partial charge in [-0.1, -0.05) is 18.2 Å². The predicted octanol–water partition coefficient (Wildman–Crippen LogP) is 0.507. The van der Waals surface area contributed by atoms with Crippen molar-refractivity contribution in [3.63, 3.8) is 0 Å². The maximum atomic E-state index is 11.9. The van der Waals surface area contributed by atoms with Crippen molar-refractivity contribution in [2.75, 3.05) is 0 Å². The molecule has 1 atom stereocenters. The molecule has 6 heteroatoms. The van der Waals surface area contributed by atoms with Crippen LogP contribution in [0.2, 0.25) is 0 Å². The van der Waals surface area contributed by atoms with E-state index >= 15 is 0 Å². The lowest BCUT2D eigenvalue weighted by molar-refractivity contribution is -0.128. The van der Waals surface area contributed by atoms with Gasteiger partial charge in [0.05, 0.1) is 19.1 Å². The zero-order chi connectivity index (χ0) is 14.1. The van der Waals surface area contributed by atoms with E-state index in [1.54, 1.807) is 0 Å². The van der Waals surface area contributed by atoms with Gasteiger partial charge in [0.1, 0.15) is 11.6 Å². The Labute approximate surface area is 114 Å². The molecule has 1 fully saturated rings. The van der Waals surface area contributed by atoms with Crippen molar-refractivity contribution in [2.45, 2.75) is 18.9 Å². The van der Waals surface area contributed by atoms with Crippen molar-refractivity contribution < 1.29 is 18.8 Å². The minimum absolute atomic E-state index is 0.00327. The third-order valence-corrected chi connectivity index (χ3v) is 3.22. The van der Waals surface area contributed by atoms with E-state index in [0.29, 0.717) is 5.58 Å². The molecule has 0 spiro atoms. The third-order valence-electron chi connectivity index (χ3n) is 3.22. The molecule has 0 saturated carbocycles. The maximum absolute atomic E-state index is 11.9. The molecule has 102 valence electrons. The van der Waals surface area contributed by atoms with Gasteiger partial charge in [-0.15, -0.1) is 0 Å². The van der Waals surface area contributed by atoms with Crippen molar-refractivity contribution in [2.24, 2.45) is 0 Å². The van der Waals surface area contributed by atoms with Gasteiger partial charge < -0.3 is 9.73 Å². The summed E-state index contributed by atoms with van der Waals surface area (Å²) >= 11 is 0. The first-order valence-electron chi connectivity index (χ1n) is 6.21. The Hall–Kier alpha value is -2.63. The molecular formula is C14H12N2O4. The summed E-state index contributed by atoms with van der Waals surface area (Å²) in [6.45, 7) is 0. The van der Waals surface area contributed by atoms with Crippen molar-refractivity contribution in [3.8, 4) is 0 Å². The standard InChI is InChI=1S/C14H12N2O4/c17-12(15-10-6-13(18)16-14(10)19)5-8-7-20-11-4-2-1-3-9(8)11/h1-4,7,10H,5-6H2,(H,15,17)(H,16,18,19). The maximum Gasteiger partial charge on any atom is 0.249 e. The van der Waals surface area contributed by atoms with E-state index in [0.717, 1.165) is 10.9 Å². The smallest absolute Gasteiger partial charge is 0.249 e. The lowest BCUT2D eigenvalue weighted by Gasteiger charge is -2.08. The minimum Gasteiger partial charge on any atom is -0.464 e. The molecule has 6 nitrogen and oxygen atoms in total. The van der Waals surface area contributed by atoms with Crippen molar-refractivity contribution >= 4 is 28.7 Å². The molecule has 1 aromatic heterocycles. The van der Waals surface area contributed by atoms with Gasteiger partial charge in [-0.25, -0.2) is 0 Å². The zero-order valence-corrected chi connectivity index (χ0v) is 10.5. The van der Waals surface area contributed by atoms with Gasteiger partial charge in [0.25, 0.3) is 0 Å². The van der Waals surface area contributed by atoms with E-state index < -0.39 is 11.9 Å². The highest BCUT2D eigenvalue weighted by Gasteiger charge is 2.31. The average molecular weight is 272 g/mol. The second-order valence-electron chi connectivity index (χ2n) is 4.67. The van der Waals surface area contributed by atoms with Crippen LogP contribution in [-0.4, -0.2) is 23.8 Å². The number of rotatable bonds is 3. The van der Waals surface area contributed by atoms with E-state index in [1.165, 1.54) is 6.26 Å². The van der Waals surface area contributed by atoms with Crippen molar-refractivity contribution in [3.05, 3.63) is 36.1 Å². The number of carbonyl (C=O) groups excluding carboxylic acids is 3. The summed E-state index contributed by atoms with van der Waals surface area (Å²) < 4.78 is 5.34. The summed E-state index contributed by atoms with van der Waals surface area (Å²) in [5.41, 5.74) is 1.46. The van der Waals surface area contributed by atoms with Crippen molar-refractivity contribution in [1.29, 1.82) is 0 Å². The summed E-state index contributed by atoms with van der Waals surface area (Å²) in [6, 6.07) is 6.63. The number of benzene rings is 1. The Morgan fingerprint density at radius 3 is 2.90 bits per heavy atom. The Balaban J connectivity index is 1.70. The van der Waals surface area contributed by atoms with Gasteiger partial charge in [0, 0.05) is 10.9 Å². The normalized spacial score (nSPS) is 18.3. The topological polar surface area (TPSA) is 88.4 Å². The molecule has 3 rings (SSSR count). The van der Waals surface area contributed by atoms with E-state index in [9.17, 15) is 14.4 Å². The van der Waals surface area contributed by atoms with E-state index in [1.807, 2.05) is 24.3 Å². The van der Waals surface area contributed by atoms with Crippen LogP contribution in [0, 0.1) is 0 Å². The van der Waals surface area contributed by atoms with E-state index in [-0.39, 0.29) is 24.7 Å². The van der Waals surface area contributed by atoms with E-state index in [2.05, 4.69) is 10.6 Å². The number of furan rings is 1. The molecule has 3 amide bonds. The summed E-state index contributed by atoms with van der Waals surface area (Å²) in [7, 11) is 0. The Morgan fingerprint density at radius 1 is 1.35 bits per heavy atom. The first kappa shape index (κ1) is 12.4. The number of fused-ring (bicyclic) bond motifs is 1. The molecule has 2 aromatic rings. The monoisotopic (exact) mass is 272 g/mol. The molecule has 2 heterocycles. The van der Waals surface area contributed by atoms with Crippen LogP contribution in [-0.2, 0) is 20.8 Å². The van der Waals surface area contributed by atoms with Gasteiger partial charge in [-0.3, -0.25) is 19.7 Å². The molecule has 20 heavy (non-hydrogen) atoms. The number of hydrogen-bond acceptors (Lipinski definition) is 4. The van der Waals surface area contributed by atoms with Gasteiger partial charge in [-0.05, 0) is 6.07 Å². The van der Waals surface area contributed by atoms with Gasteiger partial charge in [0.15, 0.2) is 0 Å². The largest absolute Gasteiger partial charge is 0.464 e. The van der Waals surface area contributed by atoms with Crippen LogP contribution in [0.3, 0.4) is 0 Å². The molecule has 1 aliphatic rings. The fourth-order valence-corrected chi connectivity index (χ4v) is 2.26.